The molecular weight excluding hydrogens is 378 g/mol. The van der Waals surface area contributed by atoms with Gasteiger partial charge in [0, 0.05) is 32.2 Å². The zero-order chi connectivity index (χ0) is 19.7. The lowest BCUT2D eigenvalue weighted by atomic mass is 10.1. The zero-order valence-electron chi connectivity index (χ0n) is 15.7. The molecule has 1 fully saturated rings. The molecular formula is C18H21N7O2S. The van der Waals surface area contributed by atoms with Gasteiger partial charge in [-0.3, -0.25) is 0 Å². The lowest BCUT2D eigenvalue weighted by molar-refractivity contribution is 0.383. The van der Waals surface area contributed by atoms with Gasteiger partial charge in [0.25, 0.3) is 0 Å². The third-order valence-electron chi connectivity index (χ3n) is 4.97. The second kappa shape index (κ2) is 7.28. The van der Waals surface area contributed by atoms with Crippen molar-refractivity contribution in [1.82, 2.24) is 29.0 Å². The van der Waals surface area contributed by atoms with Gasteiger partial charge >= 0.3 is 0 Å². The summed E-state index contributed by atoms with van der Waals surface area (Å²) < 4.78 is 29.0. The summed E-state index contributed by atoms with van der Waals surface area (Å²) in [6.07, 6.45) is 4.49. The van der Waals surface area contributed by atoms with E-state index in [1.54, 1.807) is 23.1 Å². The Hall–Kier alpha value is -2.85. The number of anilines is 1. The van der Waals surface area contributed by atoms with Crippen LogP contribution < -0.4 is 4.90 Å². The van der Waals surface area contributed by atoms with E-state index in [0.29, 0.717) is 36.9 Å². The third kappa shape index (κ3) is 3.48. The highest BCUT2D eigenvalue weighted by molar-refractivity contribution is 7.89. The summed E-state index contributed by atoms with van der Waals surface area (Å²) in [5, 5.41) is 4.07. The molecule has 1 aliphatic rings. The van der Waals surface area contributed by atoms with Crippen molar-refractivity contribution in [2.24, 2.45) is 0 Å². The van der Waals surface area contributed by atoms with Crippen LogP contribution in [0.3, 0.4) is 0 Å². The second-order valence-corrected chi connectivity index (χ2v) is 8.65. The van der Waals surface area contributed by atoms with Crippen LogP contribution in [0.25, 0.3) is 5.82 Å². The monoisotopic (exact) mass is 399 g/mol. The van der Waals surface area contributed by atoms with Crippen LogP contribution in [0.1, 0.15) is 11.1 Å². The number of sulfonamides is 1. The Morgan fingerprint density at radius 3 is 2.32 bits per heavy atom. The van der Waals surface area contributed by atoms with Crippen molar-refractivity contribution in [3.63, 3.8) is 0 Å². The Bertz CT molecular complexity index is 1080. The van der Waals surface area contributed by atoms with Gasteiger partial charge in [0.1, 0.15) is 24.8 Å². The molecule has 0 unspecified atom stereocenters. The van der Waals surface area contributed by atoms with E-state index in [-0.39, 0.29) is 0 Å². The highest BCUT2D eigenvalue weighted by atomic mass is 32.2. The molecule has 3 aromatic rings. The lowest BCUT2D eigenvalue weighted by Crippen LogP contribution is -2.49. The molecule has 0 aliphatic carbocycles. The van der Waals surface area contributed by atoms with Crippen LogP contribution in [0.4, 0.5) is 5.82 Å². The highest BCUT2D eigenvalue weighted by Crippen LogP contribution is 2.22. The maximum absolute atomic E-state index is 13.0. The van der Waals surface area contributed by atoms with E-state index < -0.39 is 10.0 Å². The minimum absolute atomic E-state index is 0.347. The van der Waals surface area contributed by atoms with E-state index >= 15 is 0 Å². The molecule has 0 N–H and O–H groups in total. The molecule has 1 aromatic carbocycles. The molecule has 3 heterocycles. The summed E-state index contributed by atoms with van der Waals surface area (Å²) in [6.45, 7) is 5.81. The van der Waals surface area contributed by atoms with E-state index in [2.05, 4.69) is 25.0 Å². The first kappa shape index (κ1) is 18.5. The molecule has 0 spiro atoms. The number of hydrogen-bond acceptors (Lipinski definition) is 7. The minimum Gasteiger partial charge on any atom is -0.354 e. The van der Waals surface area contributed by atoms with Crippen LogP contribution in [0, 0.1) is 13.8 Å². The Balaban J connectivity index is 1.49. The highest BCUT2D eigenvalue weighted by Gasteiger charge is 2.29. The summed E-state index contributed by atoms with van der Waals surface area (Å²) in [4.78, 5) is 14.8. The molecule has 28 heavy (non-hydrogen) atoms. The largest absolute Gasteiger partial charge is 0.354 e. The van der Waals surface area contributed by atoms with Crippen molar-refractivity contribution >= 4 is 15.8 Å². The number of piperazine rings is 1. The molecule has 2 aromatic heterocycles. The first-order chi connectivity index (χ1) is 13.4. The summed E-state index contributed by atoms with van der Waals surface area (Å²) in [6, 6.07) is 7.10. The zero-order valence-corrected chi connectivity index (χ0v) is 16.5. The van der Waals surface area contributed by atoms with Gasteiger partial charge in [-0.25, -0.2) is 28.1 Å². The fourth-order valence-electron chi connectivity index (χ4n) is 3.14. The predicted molar refractivity (Wildman–Crippen MR) is 104 cm³/mol. The summed E-state index contributed by atoms with van der Waals surface area (Å²) in [5.74, 6) is 1.36. The molecule has 0 bridgehead atoms. The van der Waals surface area contributed by atoms with Crippen molar-refractivity contribution in [2.75, 3.05) is 31.1 Å². The minimum atomic E-state index is -3.50. The SMILES string of the molecule is Cc1ccc(S(=O)(=O)N2CCN(c3cc(-n4cncn4)ncn3)CC2)cc1C. The van der Waals surface area contributed by atoms with Crippen molar-refractivity contribution in [3.05, 3.63) is 54.4 Å². The molecule has 1 aliphatic heterocycles. The number of benzene rings is 1. The molecule has 9 nitrogen and oxygen atoms in total. The Labute approximate surface area is 163 Å². The number of rotatable bonds is 4. The lowest BCUT2D eigenvalue weighted by Gasteiger charge is -2.34. The van der Waals surface area contributed by atoms with Gasteiger partial charge in [0.05, 0.1) is 4.90 Å². The van der Waals surface area contributed by atoms with Gasteiger partial charge in [-0.1, -0.05) is 6.07 Å². The third-order valence-corrected chi connectivity index (χ3v) is 6.87. The predicted octanol–water partition coefficient (Wildman–Crippen LogP) is 1.19. The van der Waals surface area contributed by atoms with Crippen molar-refractivity contribution in [2.45, 2.75) is 18.7 Å². The van der Waals surface area contributed by atoms with Crippen LogP contribution in [0.15, 0.2) is 48.1 Å². The van der Waals surface area contributed by atoms with Crippen LogP contribution in [0.2, 0.25) is 0 Å². The smallest absolute Gasteiger partial charge is 0.243 e. The fourth-order valence-corrected chi connectivity index (χ4v) is 4.65. The van der Waals surface area contributed by atoms with Gasteiger partial charge in [0.2, 0.25) is 10.0 Å². The average Bonchev–Trinajstić information content (AvgIpc) is 3.25. The van der Waals surface area contributed by atoms with Gasteiger partial charge in [-0.2, -0.15) is 9.40 Å². The van der Waals surface area contributed by atoms with E-state index in [0.717, 1.165) is 16.9 Å². The van der Waals surface area contributed by atoms with Gasteiger partial charge in [0.15, 0.2) is 5.82 Å². The molecule has 0 saturated carbocycles. The van der Waals surface area contributed by atoms with Crippen LogP contribution in [0.5, 0.6) is 0 Å². The molecule has 1 saturated heterocycles. The molecule has 10 heteroatoms. The van der Waals surface area contributed by atoms with Gasteiger partial charge < -0.3 is 4.90 Å². The maximum atomic E-state index is 13.0. The van der Waals surface area contributed by atoms with Crippen molar-refractivity contribution < 1.29 is 8.42 Å². The second-order valence-electron chi connectivity index (χ2n) is 6.71. The number of nitrogens with zero attached hydrogens (tertiary/aromatic N) is 7. The van der Waals surface area contributed by atoms with Crippen molar-refractivity contribution in [3.8, 4) is 5.82 Å². The summed E-state index contributed by atoms with van der Waals surface area (Å²) >= 11 is 0. The Morgan fingerprint density at radius 1 is 0.893 bits per heavy atom. The van der Waals surface area contributed by atoms with Crippen LogP contribution in [-0.2, 0) is 10.0 Å². The molecule has 146 valence electrons. The summed E-state index contributed by atoms with van der Waals surface area (Å²) in [7, 11) is -3.50. The Kier molecular flexibility index (Phi) is 4.82. The normalized spacial score (nSPS) is 15.7. The van der Waals surface area contributed by atoms with Crippen LogP contribution in [-0.4, -0.2) is 63.6 Å². The number of hydrogen-bond donors (Lipinski definition) is 0. The molecule has 0 radical (unpaired) electrons. The molecule has 4 rings (SSSR count). The van der Waals surface area contributed by atoms with E-state index in [1.165, 1.54) is 17.0 Å². The summed E-state index contributed by atoms with van der Waals surface area (Å²) in [5.41, 5.74) is 2.05. The number of aromatic nitrogens is 5. The van der Waals surface area contributed by atoms with Gasteiger partial charge in [-0.15, -0.1) is 0 Å². The first-order valence-electron chi connectivity index (χ1n) is 8.94. The molecule has 0 amide bonds. The van der Waals surface area contributed by atoms with Gasteiger partial charge in [-0.05, 0) is 37.1 Å². The average molecular weight is 399 g/mol. The first-order valence-corrected chi connectivity index (χ1v) is 10.4. The Morgan fingerprint density at radius 2 is 1.64 bits per heavy atom. The van der Waals surface area contributed by atoms with E-state index in [4.69, 9.17) is 0 Å². The fraction of sp³-hybridized carbons (Fsp3) is 0.333. The quantitative estimate of drug-likeness (QED) is 0.650. The van der Waals surface area contributed by atoms with E-state index in [9.17, 15) is 8.42 Å². The van der Waals surface area contributed by atoms with Crippen LogP contribution >= 0.6 is 0 Å². The van der Waals surface area contributed by atoms with Crippen molar-refractivity contribution in [1.29, 1.82) is 0 Å². The molecule has 0 atom stereocenters. The van der Waals surface area contributed by atoms with E-state index in [1.807, 2.05) is 26.0 Å². The topological polar surface area (TPSA) is 97.1 Å². The standard InChI is InChI=1S/C18H21N7O2S/c1-14-3-4-16(9-15(14)2)28(26,27)24-7-5-23(6-8-24)17-10-18(21-12-20-17)25-13-19-11-22-25/h3-4,9-13H,5-8H2,1-2H3. The number of aryl methyl sites for hydroxylation is 2. The maximum Gasteiger partial charge on any atom is 0.243 e.